The number of nitrogens with zero attached hydrogens (tertiary/aromatic N) is 1. The van der Waals surface area contributed by atoms with Gasteiger partial charge in [0.2, 0.25) is 0 Å². The van der Waals surface area contributed by atoms with Gasteiger partial charge in [0.05, 0.1) is 6.42 Å². The van der Waals surface area contributed by atoms with Crippen LogP contribution in [0.25, 0.3) is 0 Å². The van der Waals surface area contributed by atoms with E-state index in [0.29, 0.717) is 6.54 Å². The van der Waals surface area contributed by atoms with Gasteiger partial charge < -0.3 is 15.3 Å². The molecule has 0 aromatic heterocycles. The zero-order valence-corrected chi connectivity index (χ0v) is 13.4. The number of carbonyl (C=O) groups excluding carboxylic acids is 1. The third kappa shape index (κ3) is 4.91. The largest absolute Gasteiger partial charge is 0.481 e. The van der Waals surface area contributed by atoms with Crippen molar-refractivity contribution in [1.82, 2.24) is 10.2 Å². The minimum Gasteiger partial charge on any atom is -0.481 e. The maximum atomic E-state index is 11.9. The molecule has 2 N–H and O–H groups in total. The van der Waals surface area contributed by atoms with Gasteiger partial charge in [-0.2, -0.15) is 0 Å². The first-order valence-corrected chi connectivity index (χ1v) is 7.73. The lowest BCUT2D eigenvalue weighted by molar-refractivity contribution is -0.137. The lowest BCUT2D eigenvalue weighted by Crippen LogP contribution is -2.41. The quantitative estimate of drug-likeness (QED) is 0.810. The second-order valence-corrected chi connectivity index (χ2v) is 6.47. The van der Waals surface area contributed by atoms with Crippen molar-refractivity contribution >= 4 is 23.6 Å². The van der Waals surface area contributed by atoms with Crippen molar-refractivity contribution in [3.05, 3.63) is 34.9 Å². The Hall–Kier alpha value is -1.75. The van der Waals surface area contributed by atoms with Gasteiger partial charge in [-0.1, -0.05) is 23.7 Å². The summed E-state index contributed by atoms with van der Waals surface area (Å²) in [4.78, 5) is 23.9. The molecule has 2 amide bonds. The number of nitrogens with one attached hydrogen (secondary N) is 1. The summed E-state index contributed by atoms with van der Waals surface area (Å²) in [6, 6.07) is 7.57. The van der Waals surface area contributed by atoms with E-state index in [9.17, 15) is 9.59 Å². The van der Waals surface area contributed by atoms with Gasteiger partial charge >= 0.3 is 12.0 Å². The SMILES string of the molecule is CN(CCC(=O)O)C(=O)NCC1(Cc2cccc(Cl)c2)CC1. The first-order chi connectivity index (χ1) is 10.4. The number of benzene rings is 1. The summed E-state index contributed by atoms with van der Waals surface area (Å²) in [7, 11) is 1.61. The fraction of sp³-hybridized carbons (Fsp3) is 0.500. The third-order valence-corrected chi connectivity index (χ3v) is 4.28. The zero-order chi connectivity index (χ0) is 16.2. The van der Waals surface area contributed by atoms with E-state index in [-0.39, 0.29) is 24.4 Å². The minimum absolute atomic E-state index is 0.0441. The van der Waals surface area contributed by atoms with Gasteiger partial charge in [0.15, 0.2) is 0 Å². The fourth-order valence-corrected chi connectivity index (χ4v) is 2.65. The van der Waals surface area contributed by atoms with Crippen LogP contribution in [0, 0.1) is 5.41 Å². The summed E-state index contributed by atoms with van der Waals surface area (Å²) in [6.45, 7) is 0.818. The maximum Gasteiger partial charge on any atom is 0.317 e. The van der Waals surface area contributed by atoms with Gasteiger partial charge in [0.25, 0.3) is 0 Å². The molecule has 120 valence electrons. The Morgan fingerprint density at radius 1 is 1.41 bits per heavy atom. The van der Waals surface area contributed by atoms with Crippen LogP contribution in [0.1, 0.15) is 24.8 Å². The van der Waals surface area contributed by atoms with Crippen LogP contribution in [0.5, 0.6) is 0 Å². The van der Waals surface area contributed by atoms with Crippen LogP contribution in [0.4, 0.5) is 4.79 Å². The second kappa shape index (κ2) is 7.01. The number of amides is 2. The van der Waals surface area contributed by atoms with Crippen molar-refractivity contribution < 1.29 is 14.7 Å². The molecule has 6 heteroatoms. The van der Waals surface area contributed by atoms with Crippen LogP contribution >= 0.6 is 11.6 Å². The molecule has 0 aliphatic heterocycles. The molecule has 1 fully saturated rings. The molecular weight excluding hydrogens is 304 g/mol. The Morgan fingerprint density at radius 3 is 2.73 bits per heavy atom. The Labute approximate surface area is 135 Å². The predicted octanol–water partition coefficient (Wildman–Crippen LogP) is 2.78. The topological polar surface area (TPSA) is 69.6 Å². The van der Waals surface area contributed by atoms with Gasteiger partial charge in [0.1, 0.15) is 0 Å². The molecule has 1 saturated carbocycles. The highest BCUT2D eigenvalue weighted by Crippen LogP contribution is 2.47. The second-order valence-electron chi connectivity index (χ2n) is 6.03. The van der Waals surface area contributed by atoms with Crippen molar-refractivity contribution in [2.24, 2.45) is 5.41 Å². The lowest BCUT2D eigenvalue weighted by atomic mass is 9.96. The highest BCUT2D eigenvalue weighted by atomic mass is 35.5. The third-order valence-electron chi connectivity index (χ3n) is 4.05. The molecule has 22 heavy (non-hydrogen) atoms. The van der Waals surface area contributed by atoms with E-state index in [1.165, 1.54) is 10.5 Å². The number of hydrogen-bond donors (Lipinski definition) is 2. The lowest BCUT2D eigenvalue weighted by Gasteiger charge is -2.21. The summed E-state index contributed by atoms with van der Waals surface area (Å²) in [5, 5.41) is 12.3. The van der Waals surface area contributed by atoms with Gasteiger partial charge in [0, 0.05) is 25.2 Å². The summed E-state index contributed by atoms with van der Waals surface area (Å²) in [5.41, 5.74) is 1.30. The standard InChI is InChI=1S/C16H21ClN2O3/c1-19(8-5-14(20)21)15(22)18-11-16(6-7-16)10-12-3-2-4-13(17)9-12/h2-4,9H,5-8,10-11H2,1H3,(H,18,22)(H,20,21). The fourth-order valence-electron chi connectivity index (χ4n) is 2.44. The number of carboxylic acid groups (broad SMARTS) is 1. The summed E-state index contributed by atoms with van der Waals surface area (Å²) >= 11 is 6.00. The molecule has 0 heterocycles. The van der Waals surface area contributed by atoms with Crippen molar-refractivity contribution in [2.45, 2.75) is 25.7 Å². The van der Waals surface area contributed by atoms with E-state index in [1.807, 2.05) is 24.3 Å². The van der Waals surface area contributed by atoms with E-state index in [4.69, 9.17) is 16.7 Å². The van der Waals surface area contributed by atoms with Gasteiger partial charge in [-0.3, -0.25) is 4.79 Å². The number of aliphatic carboxylic acids is 1. The normalized spacial score (nSPS) is 15.2. The molecule has 0 atom stereocenters. The Morgan fingerprint density at radius 2 is 2.14 bits per heavy atom. The minimum atomic E-state index is -0.903. The molecular formula is C16H21ClN2O3. The predicted molar refractivity (Wildman–Crippen MR) is 85.1 cm³/mol. The zero-order valence-electron chi connectivity index (χ0n) is 12.6. The molecule has 0 saturated heterocycles. The number of halogens is 1. The molecule has 0 radical (unpaired) electrons. The number of carboxylic acids is 1. The van der Waals surface area contributed by atoms with Crippen molar-refractivity contribution in [3.63, 3.8) is 0 Å². The molecule has 0 unspecified atom stereocenters. The van der Waals surface area contributed by atoms with Crippen LogP contribution in [-0.2, 0) is 11.2 Å². The number of urea groups is 1. The van der Waals surface area contributed by atoms with Crippen LogP contribution in [0.2, 0.25) is 5.02 Å². The van der Waals surface area contributed by atoms with Gasteiger partial charge in [-0.25, -0.2) is 4.79 Å². The summed E-state index contributed by atoms with van der Waals surface area (Å²) in [5.74, 6) is -0.903. The summed E-state index contributed by atoms with van der Waals surface area (Å²) < 4.78 is 0. The molecule has 1 aromatic rings. The Bertz CT molecular complexity index is 558. The van der Waals surface area contributed by atoms with Crippen molar-refractivity contribution in [2.75, 3.05) is 20.1 Å². The average molecular weight is 325 g/mol. The van der Waals surface area contributed by atoms with E-state index in [1.54, 1.807) is 7.05 Å². The highest BCUT2D eigenvalue weighted by Gasteiger charge is 2.42. The first kappa shape index (κ1) is 16.6. The summed E-state index contributed by atoms with van der Waals surface area (Å²) in [6.07, 6.45) is 3.02. The van der Waals surface area contributed by atoms with E-state index >= 15 is 0 Å². The molecule has 1 aliphatic carbocycles. The first-order valence-electron chi connectivity index (χ1n) is 7.35. The van der Waals surface area contributed by atoms with Crippen LogP contribution in [0.3, 0.4) is 0 Å². The highest BCUT2D eigenvalue weighted by molar-refractivity contribution is 6.30. The molecule has 0 spiro atoms. The number of carbonyl (C=O) groups is 2. The molecule has 0 bridgehead atoms. The Kier molecular flexibility index (Phi) is 5.29. The van der Waals surface area contributed by atoms with Crippen LogP contribution in [-0.4, -0.2) is 42.1 Å². The average Bonchev–Trinajstić information content (AvgIpc) is 3.22. The molecule has 1 aliphatic rings. The van der Waals surface area contributed by atoms with E-state index in [0.717, 1.165) is 24.3 Å². The van der Waals surface area contributed by atoms with Gasteiger partial charge in [-0.05, 0) is 42.4 Å². The number of hydrogen-bond acceptors (Lipinski definition) is 2. The van der Waals surface area contributed by atoms with Crippen LogP contribution in [0.15, 0.2) is 24.3 Å². The van der Waals surface area contributed by atoms with Crippen LogP contribution < -0.4 is 5.32 Å². The Balaban J connectivity index is 1.80. The number of rotatable bonds is 7. The van der Waals surface area contributed by atoms with E-state index in [2.05, 4.69) is 5.32 Å². The van der Waals surface area contributed by atoms with Crippen molar-refractivity contribution in [1.29, 1.82) is 0 Å². The smallest absolute Gasteiger partial charge is 0.317 e. The molecule has 5 nitrogen and oxygen atoms in total. The van der Waals surface area contributed by atoms with E-state index < -0.39 is 5.97 Å². The maximum absolute atomic E-state index is 11.9. The van der Waals surface area contributed by atoms with Crippen molar-refractivity contribution in [3.8, 4) is 0 Å². The monoisotopic (exact) mass is 324 g/mol. The van der Waals surface area contributed by atoms with Gasteiger partial charge in [-0.15, -0.1) is 0 Å². The molecule has 2 rings (SSSR count). The molecule has 1 aromatic carbocycles.